The van der Waals surface area contributed by atoms with Crippen molar-refractivity contribution in [1.29, 1.82) is 0 Å². The zero-order chi connectivity index (χ0) is 15.0. The third kappa shape index (κ3) is 6.06. The first-order valence-electron chi connectivity index (χ1n) is 7.17. The zero-order valence-corrected chi connectivity index (χ0v) is 12.6. The van der Waals surface area contributed by atoms with E-state index in [1.165, 1.54) is 5.56 Å². The summed E-state index contributed by atoms with van der Waals surface area (Å²) in [6.45, 7) is 8.81. The number of nitrogens with zero attached hydrogens (tertiary/aromatic N) is 1. The number of carboxylic acids is 1. The molecule has 0 aromatic heterocycles. The topological polar surface area (TPSA) is 49.8 Å². The van der Waals surface area contributed by atoms with Crippen molar-refractivity contribution in [2.45, 2.75) is 27.2 Å². The van der Waals surface area contributed by atoms with E-state index in [1.807, 2.05) is 31.2 Å². The van der Waals surface area contributed by atoms with Crippen molar-refractivity contribution in [1.82, 2.24) is 4.90 Å². The lowest BCUT2D eigenvalue weighted by Gasteiger charge is -2.22. The number of aryl methyl sites for hydroxylation is 1. The summed E-state index contributed by atoms with van der Waals surface area (Å²) in [4.78, 5) is 13.0. The Morgan fingerprint density at radius 3 is 2.80 bits per heavy atom. The van der Waals surface area contributed by atoms with Crippen LogP contribution in [0.5, 0.6) is 5.75 Å². The molecular formula is C16H25NO3. The van der Waals surface area contributed by atoms with E-state index in [0.29, 0.717) is 13.2 Å². The predicted molar refractivity (Wildman–Crippen MR) is 80.2 cm³/mol. The van der Waals surface area contributed by atoms with Crippen LogP contribution in [0.1, 0.15) is 25.8 Å². The van der Waals surface area contributed by atoms with Gasteiger partial charge in [-0.3, -0.25) is 4.79 Å². The maximum atomic E-state index is 10.8. The van der Waals surface area contributed by atoms with Crippen molar-refractivity contribution in [3.05, 3.63) is 29.8 Å². The standard InChI is InChI=1S/C16H25NO3/c1-4-17(12-14(3)16(18)19)9-6-10-20-15-8-5-7-13(2)11-15/h5,7-8,11,14H,4,6,9-10,12H2,1-3H3,(H,18,19). The van der Waals surface area contributed by atoms with Gasteiger partial charge in [0.05, 0.1) is 12.5 Å². The van der Waals surface area contributed by atoms with E-state index in [4.69, 9.17) is 9.84 Å². The molecule has 1 atom stereocenters. The highest BCUT2D eigenvalue weighted by atomic mass is 16.5. The first-order chi connectivity index (χ1) is 9.52. The van der Waals surface area contributed by atoms with E-state index in [2.05, 4.69) is 11.8 Å². The lowest BCUT2D eigenvalue weighted by Crippen LogP contribution is -2.33. The molecule has 0 aliphatic carbocycles. The quantitative estimate of drug-likeness (QED) is 0.706. The summed E-state index contributed by atoms with van der Waals surface area (Å²) in [5.74, 6) is -0.168. The second-order valence-corrected chi connectivity index (χ2v) is 5.15. The van der Waals surface area contributed by atoms with E-state index in [0.717, 1.165) is 25.3 Å². The van der Waals surface area contributed by atoms with Crippen molar-refractivity contribution in [3.63, 3.8) is 0 Å². The molecule has 4 heteroatoms. The molecule has 4 nitrogen and oxygen atoms in total. The Kier molecular flexibility index (Phi) is 7.09. The number of carboxylic acid groups (broad SMARTS) is 1. The number of aliphatic carboxylic acids is 1. The molecule has 1 N–H and O–H groups in total. The molecule has 0 heterocycles. The van der Waals surface area contributed by atoms with Crippen LogP contribution in [0.25, 0.3) is 0 Å². The van der Waals surface area contributed by atoms with Gasteiger partial charge in [0, 0.05) is 13.1 Å². The molecule has 0 bridgehead atoms. The van der Waals surface area contributed by atoms with Gasteiger partial charge in [0.25, 0.3) is 0 Å². The van der Waals surface area contributed by atoms with E-state index in [9.17, 15) is 4.79 Å². The molecular weight excluding hydrogens is 254 g/mol. The minimum absolute atomic E-state index is 0.326. The molecule has 0 aliphatic heterocycles. The molecule has 0 aliphatic rings. The molecule has 0 fully saturated rings. The van der Waals surface area contributed by atoms with Crippen molar-refractivity contribution < 1.29 is 14.6 Å². The number of rotatable bonds is 9. The van der Waals surface area contributed by atoms with Crippen molar-refractivity contribution in [2.24, 2.45) is 5.92 Å². The predicted octanol–water partition coefficient (Wildman–Crippen LogP) is 2.81. The van der Waals surface area contributed by atoms with Crippen LogP contribution in [0.3, 0.4) is 0 Å². The third-order valence-electron chi connectivity index (χ3n) is 3.28. The van der Waals surface area contributed by atoms with Gasteiger partial charge < -0.3 is 14.7 Å². The van der Waals surface area contributed by atoms with Gasteiger partial charge >= 0.3 is 5.97 Å². The van der Waals surface area contributed by atoms with Crippen molar-refractivity contribution in [3.8, 4) is 5.75 Å². The van der Waals surface area contributed by atoms with Gasteiger partial charge in [-0.1, -0.05) is 26.0 Å². The van der Waals surface area contributed by atoms with E-state index >= 15 is 0 Å². The summed E-state index contributed by atoms with van der Waals surface area (Å²) in [7, 11) is 0. The second-order valence-electron chi connectivity index (χ2n) is 5.15. The van der Waals surface area contributed by atoms with Crippen molar-refractivity contribution in [2.75, 3.05) is 26.2 Å². The van der Waals surface area contributed by atoms with Gasteiger partial charge in [0.1, 0.15) is 5.75 Å². The Balaban J connectivity index is 2.26. The number of hydrogen-bond acceptors (Lipinski definition) is 3. The third-order valence-corrected chi connectivity index (χ3v) is 3.28. The number of carbonyl (C=O) groups is 1. The Labute approximate surface area is 121 Å². The largest absolute Gasteiger partial charge is 0.494 e. The minimum Gasteiger partial charge on any atom is -0.494 e. The van der Waals surface area contributed by atoms with Gasteiger partial charge in [0.2, 0.25) is 0 Å². The summed E-state index contributed by atoms with van der Waals surface area (Å²) in [6.07, 6.45) is 0.897. The zero-order valence-electron chi connectivity index (χ0n) is 12.6. The normalized spacial score (nSPS) is 12.4. The highest BCUT2D eigenvalue weighted by molar-refractivity contribution is 5.69. The van der Waals surface area contributed by atoms with Gasteiger partial charge in [-0.05, 0) is 37.6 Å². The van der Waals surface area contributed by atoms with Crippen LogP contribution in [-0.4, -0.2) is 42.2 Å². The maximum absolute atomic E-state index is 10.8. The fourth-order valence-electron chi connectivity index (χ4n) is 2.03. The molecule has 0 saturated heterocycles. The molecule has 0 amide bonds. The van der Waals surface area contributed by atoms with Gasteiger partial charge in [-0.15, -0.1) is 0 Å². The fraction of sp³-hybridized carbons (Fsp3) is 0.562. The summed E-state index contributed by atoms with van der Waals surface area (Å²) in [5.41, 5.74) is 1.19. The Hall–Kier alpha value is -1.55. The van der Waals surface area contributed by atoms with Crippen LogP contribution in [0, 0.1) is 12.8 Å². The van der Waals surface area contributed by atoms with Crippen LogP contribution in [0.2, 0.25) is 0 Å². The summed E-state index contributed by atoms with van der Waals surface area (Å²) in [6, 6.07) is 8.00. The molecule has 20 heavy (non-hydrogen) atoms. The summed E-state index contributed by atoms with van der Waals surface area (Å²) >= 11 is 0. The average Bonchev–Trinajstić information content (AvgIpc) is 2.41. The average molecular weight is 279 g/mol. The van der Waals surface area contributed by atoms with E-state index < -0.39 is 5.97 Å². The van der Waals surface area contributed by atoms with Crippen LogP contribution in [0.15, 0.2) is 24.3 Å². The number of ether oxygens (including phenoxy) is 1. The second kappa shape index (κ2) is 8.59. The molecule has 0 saturated carbocycles. The van der Waals surface area contributed by atoms with Crippen LogP contribution < -0.4 is 4.74 Å². The first kappa shape index (κ1) is 16.5. The van der Waals surface area contributed by atoms with Crippen LogP contribution >= 0.6 is 0 Å². The van der Waals surface area contributed by atoms with Crippen LogP contribution in [0.4, 0.5) is 0 Å². The van der Waals surface area contributed by atoms with Crippen molar-refractivity contribution >= 4 is 5.97 Å². The van der Waals surface area contributed by atoms with Gasteiger partial charge in [-0.25, -0.2) is 0 Å². The molecule has 1 aromatic rings. The first-order valence-corrected chi connectivity index (χ1v) is 7.17. The Morgan fingerprint density at radius 2 is 2.20 bits per heavy atom. The summed E-state index contributed by atoms with van der Waals surface area (Å²) < 4.78 is 5.69. The highest BCUT2D eigenvalue weighted by Gasteiger charge is 2.14. The molecule has 1 rings (SSSR count). The lowest BCUT2D eigenvalue weighted by atomic mass is 10.1. The van der Waals surface area contributed by atoms with E-state index in [-0.39, 0.29) is 5.92 Å². The maximum Gasteiger partial charge on any atom is 0.307 e. The molecule has 112 valence electrons. The highest BCUT2D eigenvalue weighted by Crippen LogP contribution is 2.12. The summed E-state index contributed by atoms with van der Waals surface area (Å²) in [5, 5.41) is 8.92. The molecule has 0 spiro atoms. The monoisotopic (exact) mass is 279 g/mol. The lowest BCUT2D eigenvalue weighted by molar-refractivity contribution is -0.141. The fourth-order valence-corrected chi connectivity index (χ4v) is 2.03. The molecule has 1 unspecified atom stereocenters. The Bertz CT molecular complexity index is 420. The minimum atomic E-state index is -0.737. The SMILES string of the molecule is CCN(CCCOc1cccc(C)c1)CC(C)C(=O)O. The smallest absolute Gasteiger partial charge is 0.307 e. The molecule has 0 radical (unpaired) electrons. The van der Waals surface area contributed by atoms with Gasteiger partial charge in [-0.2, -0.15) is 0 Å². The number of hydrogen-bond donors (Lipinski definition) is 1. The van der Waals surface area contributed by atoms with E-state index in [1.54, 1.807) is 6.92 Å². The van der Waals surface area contributed by atoms with Gasteiger partial charge in [0.15, 0.2) is 0 Å². The van der Waals surface area contributed by atoms with Crippen LogP contribution in [-0.2, 0) is 4.79 Å². The number of benzene rings is 1. The molecule has 1 aromatic carbocycles. The Morgan fingerprint density at radius 1 is 1.45 bits per heavy atom.